The summed E-state index contributed by atoms with van der Waals surface area (Å²) >= 11 is 6.12. The van der Waals surface area contributed by atoms with Gasteiger partial charge in [-0.25, -0.2) is 0 Å². The smallest absolute Gasteiger partial charge is 0.258 e. The van der Waals surface area contributed by atoms with Gasteiger partial charge in [0, 0.05) is 34.4 Å². The highest BCUT2D eigenvalue weighted by Gasteiger charge is 2.38. The molecule has 1 N–H and O–H groups in total. The predicted octanol–water partition coefficient (Wildman–Crippen LogP) is 6.76. The Balaban J connectivity index is 1.34. The van der Waals surface area contributed by atoms with Crippen molar-refractivity contribution in [2.24, 2.45) is 5.92 Å². The lowest BCUT2D eigenvalue weighted by atomic mass is 9.76. The molecule has 0 aromatic heterocycles. The van der Waals surface area contributed by atoms with E-state index >= 15 is 0 Å². The second kappa shape index (κ2) is 7.83. The number of carbonyl (C=O) groups excluding carboxylic acids is 1. The van der Waals surface area contributed by atoms with Crippen molar-refractivity contribution in [3.05, 3.63) is 106 Å². The number of allylic oxidation sites excluding steroid dienone is 2. The van der Waals surface area contributed by atoms with Gasteiger partial charge in [-0.3, -0.25) is 4.79 Å². The van der Waals surface area contributed by atoms with E-state index in [1.807, 2.05) is 29.2 Å². The average Bonchev–Trinajstić information content (AvgIpc) is 3.33. The Morgan fingerprint density at radius 2 is 1.88 bits per heavy atom. The van der Waals surface area contributed by atoms with E-state index in [1.54, 1.807) is 0 Å². The zero-order chi connectivity index (χ0) is 21.7. The largest absolute Gasteiger partial charge is 0.378 e. The van der Waals surface area contributed by atoms with Crippen molar-refractivity contribution in [3.63, 3.8) is 0 Å². The summed E-state index contributed by atoms with van der Waals surface area (Å²) in [5.74, 6) is 0.844. The predicted molar refractivity (Wildman–Crippen MR) is 131 cm³/mol. The first-order chi connectivity index (χ1) is 15.7. The summed E-state index contributed by atoms with van der Waals surface area (Å²) in [6, 6.07) is 22.9. The van der Waals surface area contributed by atoms with E-state index in [-0.39, 0.29) is 11.9 Å². The normalized spacial score (nSPS) is 23.2. The summed E-state index contributed by atoms with van der Waals surface area (Å²) in [6.07, 6.45) is 7.67. The Labute approximate surface area is 193 Å². The number of aryl methyl sites for hydroxylation is 1. The van der Waals surface area contributed by atoms with Crippen LogP contribution < -0.4 is 10.2 Å². The van der Waals surface area contributed by atoms with Crippen molar-refractivity contribution in [3.8, 4) is 0 Å². The summed E-state index contributed by atoms with van der Waals surface area (Å²) in [5.41, 5.74) is 6.69. The highest BCUT2D eigenvalue weighted by Crippen LogP contribution is 2.50. The standard InChI is InChI=1S/C28H25ClN2O/c29-21-13-10-19(11-14-21)27-23-8-3-7-22(23)24-17-20(12-15-25(24)30-27)28(32)31-16-4-6-18-5-1-2-9-26(18)31/h1-3,5,7,9-15,17,22-23,27,30H,4,6,8,16H2/t22-,23-,27+/m0/s1. The van der Waals surface area contributed by atoms with E-state index < -0.39 is 0 Å². The Kier molecular flexibility index (Phi) is 4.80. The molecule has 0 fully saturated rings. The molecule has 3 atom stereocenters. The third-order valence-electron chi connectivity index (χ3n) is 7.19. The molecule has 0 saturated carbocycles. The Morgan fingerprint density at radius 3 is 2.75 bits per heavy atom. The van der Waals surface area contributed by atoms with E-state index in [1.165, 1.54) is 16.7 Å². The van der Waals surface area contributed by atoms with Gasteiger partial charge in [-0.15, -0.1) is 0 Å². The third kappa shape index (κ3) is 3.23. The van der Waals surface area contributed by atoms with Crippen LogP contribution in [0.2, 0.25) is 5.02 Å². The minimum Gasteiger partial charge on any atom is -0.378 e. The number of anilines is 2. The molecule has 0 bridgehead atoms. The van der Waals surface area contributed by atoms with Gasteiger partial charge in [0.1, 0.15) is 0 Å². The molecule has 0 saturated heterocycles. The van der Waals surface area contributed by atoms with Crippen molar-refractivity contribution < 1.29 is 4.79 Å². The number of benzene rings is 3. The second-order valence-corrected chi connectivity index (χ2v) is 9.45. The lowest BCUT2D eigenvalue weighted by Gasteiger charge is -2.38. The van der Waals surface area contributed by atoms with Crippen LogP contribution in [0.25, 0.3) is 0 Å². The van der Waals surface area contributed by atoms with Crippen LogP contribution in [0.1, 0.15) is 51.8 Å². The highest BCUT2D eigenvalue weighted by molar-refractivity contribution is 6.30. The molecule has 0 spiro atoms. The van der Waals surface area contributed by atoms with E-state index in [2.05, 4.69) is 59.9 Å². The van der Waals surface area contributed by atoms with Gasteiger partial charge in [0.05, 0.1) is 6.04 Å². The molecule has 1 aliphatic carbocycles. The first-order valence-corrected chi connectivity index (χ1v) is 11.8. The second-order valence-electron chi connectivity index (χ2n) is 9.02. The molecule has 3 nitrogen and oxygen atoms in total. The number of hydrogen-bond donors (Lipinski definition) is 1. The molecule has 2 heterocycles. The number of halogens is 1. The number of rotatable bonds is 2. The molecular formula is C28H25ClN2O. The minimum atomic E-state index is 0.0956. The monoisotopic (exact) mass is 440 g/mol. The molecule has 3 aliphatic rings. The summed E-state index contributed by atoms with van der Waals surface area (Å²) < 4.78 is 0. The first-order valence-electron chi connectivity index (χ1n) is 11.4. The van der Waals surface area contributed by atoms with Gasteiger partial charge in [-0.05, 0) is 78.3 Å². The van der Waals surface area contributed by atoms with Crippen LogP contribution in [0.3, 0.4) is 0 Å². The number of nitrogens with one attached hydrogen (secondary N) is 1. The van der Waals surface area contributed by atoms with Gasteiger partial charge in [0.2, 0.25) is 0 Å². The van der Waals surface area contributed by atoms with Crippen molar-refractivity contribution >= 4 is 28.9 Å². The zero-order valence-electron chi connectivity index (χ0n) is 17.8. The molecule has 3 aromatic carbocycles. The van der Waals surface area contributed by atoms with E-state index in [0.29, 0.717) is 11.8 Å². The van der Waals surface area contributed by atoms with Crippen LogP contribution in [0.5, 0.6) is 0 Å². The molecule has 160 valence electrons. The van der Waals surface area contributed by atoms with Crippen LogP contribution in [-0.4, -0.2) is 12.5 Å². The van der Waals surface area contributed by atoms with Crippen molar-refractivity contribution in [2.75, 3.05) is 16.8 Å². The molecule has 32 heavy (non-hydrogen) atoms. The van der Waals surface area contributed by atoms with E-state index in [4.69, 9.17) is 11.6 Å². The zero-order valence-corrected chi connectivity index (χ0v) is 18.6. The third-order valence-corrected chi connectivity index (χ3v) is 7.45. The minimum absolute atomic E-state index is 0.0956. The van der Waals surface area contributed by atoms with Gasteiger partial charge >= 0.3 is 0 Å². The molecule has 1 amide bonds. The lowest BCUT2D eigenvalue weighted by molar-refractivity contribution is 0.0985. The number of hydrogen-bond acceptors (Lipinski definition) is 2. The fourth-order valence-corrected chi connectivity index (χ4v) is 5.75. The molecule has 4 heteroatoms. The number of fused-ring (bicyclic) bond motifs is 4. The van der Waals surface area contributed by atoms with Crippen LogP contribution in [0, 0.1) is 5.92 Å². The number of amides is 1. The fourth-order valence-electron chi connectivity index (χ4n) is 5.63. The maximum absolute atomic E-state index is 13.5. The molecule has 3 aromatic rings. The summed E-state index contributed by atoms with van der Waals surface area (Å²) in [7, 11) is 0. The summed E-state index contributed by atoms with van der Waals surface area (Å²) in [4.78, 5) is 15.5. The van der Waals surface area contributed by atoms with Crippen LogP contribution in [0.15, 0.2) is 78.9 Å². The highest BCUT2D eigenvalue weighted by atomic mass is 35.5. The fraction of sp³-hybridized carbons (Fsp3) is 0.250. The molecular weight excluding hydrogens is 416 g/mol. The SMILES string of the molecule is O=C(c1ccc2c(c1)[C@H]1C=CC[C@@H]1[C@@H](c1ccc(Cl)cc1)N2)N1CCCc2ccccc21. The van der Waals surface area contributed by atoms with Crippen molar-refractivity contribution in [1.82, 2.24) is 0 Å². The van der Waals surface area contributed by atoms with Crippen molar-refractivity contribution in [1.29, 1.82) is 0 Å². The van der Waals surface area contributed by atoms with Crippen LogP contribution in [-0.2, 0) is 6.42 Å². The number of para-hydroxylation sites is 1. The van der Waals surface area contributed by atoms with E-state index in [9.17, 15) is 4.79 Å². The van der Waals surface area contributed by atoms with Gasteiger partial charge in [0.25, 0.3) is 5.91 Å². The maximum atomic E-state index is 13.5. The molecule has 0 radical (unpaired) electrons. The van der Waals surface area contributed by atoms with Gasteiger partial charge in [-0.2, -0.15) is 0 Å². The average molecular weight is 441 g/mol. The summed E-state index contributed by atoms with van der Waals surface area (Å²) in [6.45, 7) is 0.774. The topological polar surface area (TPSA) is 32.3 Å². The van der Waals surface area contributed by atoms with Gasteiger partial charge in [-0.1, -0.05) is 54.1 Å². The maximum Gasteiger partial charge on any atom is 0.258 e. The Hall–Kier alpha value is -3.04. The van der Waals surface area contributed by atoms with Gasteiger partial charge in [0.15, 0.2) is 0 Å². The first kappa shape index (κ1) is 19.6. The number of nitrogens with zero attached hydrogens (tertiary/aromatic N) is 1. The Bertz CT molecular complexity index is 1220. The Morgan fingerprint density at radius 1 is 1.03 bits per heavy atom. The molecule has 6 rings (SSSR count). The number of carbonyl (C=O) groups is 1. The quantitative estimate of drug-likeness (QED) is 0.446. The van der Waals surface area contributed by atoms with Gasteiger partial charge < -0.3 is 10.2 Å². The lowest BCUT2D eigenvalue weighted by Crippen LogP contribution is -2.36. The molecule has 2 aliphatic heterocycles. The van der Waals surface area contributed by atoms with E-state index in [0.717, 1.165) is 47.8 Å². The van der Waals surface area contributed by atoms with Crippen molar-refractivity contribution in [2.45, 2.75) is 31.2 Å². The van der Waals surface area contributed by atoms with Crippen LogP contribution >= 0.6 is 11.6 Å². The van der Waals surface area contributed by atoms with Crippen LogP contribution in [0.4, 0.5) is 11.4 Å². The molecule has 0 unspecified atom stereocenters. The summed E-state index contributed by atoms with van der Waals surface area (Å²) in [5, 5.41) is 4.52.